The summed E-state index contributed by atoms with van der Waals surface area (Å²) in [6, 6.07) is 7.20. The van der Waals surface area contributed by atoms with Crippen LogP contribution in [0.2, 0.25) is 15.1 Å². The maximum atomic E-state index is 12.3. The van der Waals surface area contributed by atoms with Gasteiger partial charge in [-0.15, -0.1) is 0 Å². The topological polar surface area (TPSA) is 58.6 Å². The molecule has 0 heterocycles. The zero-order valence-electron chi connectivity index (χ0n) is 12.4. The third-order valence-corrected chi connectivity index (χ3v) is 3.68. The number of halogens is 3. The molecule has 2 aromatic rings. The van der Waals surface area contributed by atoms with Gasteiger partial charge < -0.3 is 15.2 Å². The van der Waals surface area contributed by atoms with Gasteiger partial charge in [-0.3, -0.25) is 4.79 Å². The van der Waals surface area contributed by atoms with E-state index < -0.39 is 5.91 Å². The number of hydrogen-bond donors (Lipinski definition) is 2. The Morgan fingerprint density at radius 3 is 2.48 bits per heavy atom. The van der Waals surface area contributed by atoms with Crippen LogP contribution in [0.3, 0.4) is 0 Å². The van der Waals surface area contributed by atoms with Gasteiger partial charge in [0.25, 0.3) is 5.91 Å². The summed E-state index contributed by atoms with van der Waals surface area (Å²) in [7, 11) is 0. The summed E-state index contributed by atoms with van der Waals surface area (Å²) in [6.45, 7) is 3.71. The lowest BCUT2D eigenvalue weighted by Gasteiger charge is -2.15. The van der Waals surface area contributed by atoms with Crippen molar-refractivity contribution < 1.29 is 14.6 Å². The fraction of sp³-hybridized carbons (Fsp3) is 0.188. The number of hydrogen-bond acceptors (Lipinski definition) is 3. The molecule has 0 atom stereocenters. The van der Waals surface area contributed by atoms with Crippen LogP contribution in [-0.4, -0.2) is 17.1 Å². The molecule has 0 saturated heterocycles. The largest absolute Gasteiger partial charge is 0.507 e. The van der Waals surface area contributed by atoms with E-state index in [9.17, 15) is 9.90 Å². The van der Waals surface area contributed by atoms with Crippen molar-refractivity contribution in [3.05, 3.63) is 51.0 Å². The number of carbonyl (C=O) groups is 1. The normalized spacial score (nSPS) is 10.7. The van der Waals surface area contributed by atoms with E-state index in [2.05, 4.69) is 5.32 Å². The zero-order chi connectivity index (χ0) is 17.1. The highest BCUT2D eigenvalue weighted by Crippen LogP contribution is 2.35. The van der Waals surface area contributed by atoms with Gasteiger partial charge in [-0.1, -0.05) is 34.8 Å². The number of aromatic hydroxyl groups is 1. The summed E-state index contributed by atoms with van der Waals surface area (Å²) in [4.78, 5) is 12.3. The summed E-state index contributed by atoms with van der Waals surface area (Å²) in [6.07, 6.45) is -0.0887. The first-order valence-electron chi connectivity index (χ1n) is 6.73. The van der Waals surface area contributed by atoms with Crippen molar-refractivity contribution >= 4 is 46.4 Å². The lowest BCUT2D eigenvalue weighted by molar-refractivity contribution is 0.102. The first-order valence-corrected chi connectivity index (χ1v) is 7.87. The first-order chi connectivity index (χ1) is 10.8. The van der Waals surface area contributed by atoms with Crippen molar-refractivity contribution in [2.75, 3.05) is 5.32 Å². The minimum absolute atomic E-state index is 0.0369. The Balaban J connectivity index is 2.32. The van der Waals surface area contributed by atoms with Gasteiger partial charge in [0.1, 0.15) is 11.5 Å². The van der Waals surface area contributed by atoms with Crippen molar-refractivity contribution in [1.82, 2.24) is 0 Å². The maximum Gasteiger partial charge on any atom is 0.259 e. The van der Waals surface area contributed by atoms with Gasteiger partial charge in [0.2, 0.25) is 0 Å². The molecule has 7 heteroatoms. The van der Waals surface area contributed by atoms with Crippen LogP contribution in [-0.2, 0) is 0 Å². The molecule has 2 N–H and O–H groups in total. The molecule has 2 rings (SSSR count). The van der Waals surface area contributed by atoms with Crippen molar-refractivity contribution in [3.63, 3.8) is 0 Å². The molecule has 0 aliphatic heterocycles. The van der Waals surface area contributed by atoms with E-state index in [0.717, 1.165) is 0 Å². The molecule has 0 spiro atoms. The second-order valence-corrected chi connectivity index (χ2v) is 6.30. The van der Waals surface area contributed by atoms with E-state index in [4.69, 9.17) is 39.5 Å². The van der Waals surface area contributed by atoms with Crippen LogP contribution in [0.1, 0.15) is 24.2 Å². The van der Waals surface area contributed by atoms with Gasteiger partial charge in [-0.2, -0.15) is 0 Å². The highest BCUT2D eigenvalue weighted by Gasteiger charge is 2.16. The number of anilines is 1. The smallest absolute Gasteiger partial charge is 0.259 e. The maximum absolute atomic E-state index is 12.3. The summed E-state index contributed by atoms with van der Waals surface area (Å²) < 4.78 is 5.56. The summed E-state index contributed by atoms with van der Waals surface area (Å²) in [5.74, 6) is -0.336. The Hall–Kier alpha value is -1.62. The molecule has 0 aromatic heterocycles. The number of rotatable bonds is 4. The molecule has 4 nitrogen and oxygen atoms in total. The second-order valence-electron chi connectivity index (χ2n) is 5.04. The van der Waals surface area contributed by atoms with E-state index >= 15 is 0 Å². The standard InChI is InChI=1S/C16H14Cl3NO3/c1-8(2)23-15-7-13(11(18)6-12(15)19)20-16(22)10-5-9(17)3-4-14(10)21/h3-8,21H,1-2H3,(H,20,22). The second kappa shape index (κ2) is 7.30. The monoisotopic (exact) mass is 373 g/mol. The van der Waals surface area contributed by atoms with Gasteiger partial charge in [-0.05, 0) is 38.1 Å². The van der Waals surface area contributed by atoms with Crippen LogP contribution >= 0.6 is 34.8 Å². The van der Waals surface area contributed by atoms with E-state index in [1.165, 1.54) is 30.3 Å². The predicted molar refractivity (Wildman–Crippen MR) is 93.3 cm³/mol. The molecule has 0 aliphatic rings. The Labute approximate surface area is 148 Å². The van der Waals surface area contributed by atoms with Crippen molar-refractivity contribution in [2.45, 2.75) is 20.0 Å². The number of carbonyl (C=O) groups excluding carboxylic acids is 1. The van der Waals surface area contributed by atoms with E-state index in [1.54, 1.807) is 0 Å². The fourth-order valence-electron chi connectivity index (χ4n) is 1.85. The van der Waals surface area contributed by atoms with Crippen LogP contribution in [0.25, 0.3) is 0 Å². The molecular weight excluding hydrogens is 361 g/mol. The average Bonchev–Trinajstić information content (AvgIpc) is 2.46. The zero-order valence-corrected chi connectivity index (χ0v) is 14.6. The lowest BCUT2D eigenvalue weighted by atomic mass is 10.2. The molecular formula is C16H14Cl3NO3. The number of benzene rings is 2. The van der Waals surface area contributed by atoms with E-state index in [-0.39, 0.29) is 22.4 Å². The molecule has 0 unspecified atom stereocenters. The third kappa shape index (κ3) is 4.44. The predicted octanol–water partition coefficient (Wildman–Crippen LogP) is 5.39. The summed E-state index contributed by atoms with van der Waals surface area (Å²) in [5.41, 5.74) is 0.353. The highest BCUT2D eigenvalue weighted by atomic mass is 35.5. The molecule has 2 aromatic carbocycles. The van der Waals surface area contributed by atoms with Crippen LogP contribution < -0.4 is 10.1 Å². The minimum atomic E-state index is -0.551. The van der Waals surface area contributed by atoms with Crippen molar-refractivity contribution in [1.29, 1.82) is 0 Å². The van der Waals surface area contributed by atoms with Gasteiger partial charge >= 0.3 is 0 Å². The van der Waals surface area contributed by atoms with Gasteiger partial charge in [0, 0.05) is 11.1 Å². The van der Waals surface area contributed by atoms with Crippen molar-refractivity contribution in [3.8, 4) is 11.5 Å². The van der Waals surface area contributed by atoms with Crippen molar-refractivity contribution in [2.24, 2.45) is 0 Å². The molecule has 0 saturated carbocycles. The quantitative estimate of drug-likeness (QED) is 0.754. The Morgan fingerprint density at radius 1 is 1.13 bits per heavy atom. The number of amides is 1. The molecule has 23 heavy (non-hydrogen) atoms. The molecule has 122 valence electrons. The average molecular weight is 375 g/mol. The molecule has 0 bridgehead atoms. The third-order valence-electron chi connectivity index (χ3n) is 2.84. The van der Waals surface area contributed by atoms with E-state index in [1.807, 2.05) is 13.8 Å². The minimum Gasteiger partial charge on any atom is -0.507 e. The fourth-order valence-corrected chi connectivity index (χ4v) is 2.50. The Bertz CT molecular complexity index is 748. The Kier molecular flexibility index (Phi) is 5.63. The van der Waals surface area contributed by atoms with Crippen LogP contribution in [0, 0.1) is 0 Å². The number of phenols is 1. The van der Waals surface area contributed by atoms with Gasteiger partial charge in [-0.25, -0.2) is 0 Å². The lowest BCUT2D eigenvalue weighted by Crippen LogP contribution is -2.13. The van der Waals surface area contributed by atoms with Gasteiger partial charge in [0.15, 0.2) is 0 Å². The SMILES string of the molecule is CC(C)Oc1cc(NC(=O)c2cc(Cl)ccc2O)c(Cl)cc1Cl. The molecule has 1 amide bonds. The molecule has 0 fully saturated rings. The molecule has 0 radical (unpaired) electrons. The highest BCUT2D eigenvalue weighted by molar-refractivity contribution is 6.37. The molecule has 0 aliphatic carbocycles. The van der Waals surface area contributed by atoms with Crippen LogP contribution in [0.5, 0.6) is 11.5 Å². The van der Waals surface area contributed by atoms with Crippen LogP contribution in [0.4, 0.5) is 5.69 Å². The van der Waals surface area contributed by atoms with E-state index in [0.29, 0.717) is 21.5 Å². The summed E-state index contributed by atoms with van der Waals surface area (Å²) in [5, 5.41) is 13.3. The Morgan fingerprint density at radius 2 is 1.83 bits per heavy atom. The first kappa shape index (κ1) is 17.7. The summed E-state index contributed by atoms with van der Waals surface area (Å²) >= 11 is 18.0. The van der Waals surface area contributed by atoms with Gasteiger partial charge in [0.05, 0.1) is 27.4 Å². The number of phenolic OH excluding ortho intramolecular Hbond substituents is 1. The number of nitrogens with one attached hydrogen (secondary N) is 1. The van der Waals surface area contributed by atoms with Crippen LogP contribution in [0.15, 0.2) is 30.3 Å². The number of ether oxygens (including phenoxy) is 1.